The molecule has 0 saturated carbocycles. The third kappa shape index (κ3) is 4.70. The molecule has 0 radical (unpaired) electrons. The lowest BCUT2D eigenvalue weighted by Gasteiger charge is -2.26. The molecule has 10 rings (SSSR count). The van der Waals surface area contributed by atoms with Crippen LogP contribution < -0.4 is 4.90 Å². The SMILES string of the molecule is c1cc(-c2ccc(N(c3ccc4c(c3)sc3ccccc34)c3cccc4c3oc3ccccc34)cc2)cc(-c2ccc3ccccc3c2)c1. The fourth-order valence-electron chi connectivity index (χ4n) is 7.24. The largest absolute Gasteiger partial charge is 0.454 e. The average molecular weight is 644 g/mol. The van der Waals surface area contributed by atoms with Crippen molar-refractivity contribution in [2.24, 2.45) is 0 Å². The van der Waals surface area contributed by atoms with Crippen molar-refractivity contribution in [1.29, 1.82) is 0 Å². The van der Waals surface area contributed by atoms with Gasteiger partial charge < -0.3 is 9.32 Å². The Bertz CT molecular complexity index is 2840. The summed E-state index contributed by atoms with van der Waals surface area (Å²) in [6.45, 7) is 0. The average Bonchev–Trinajstić information content (AvgIpc) is 3.74. The predicted octanol–water partition coefficient (Wildman–Crippen LogP) is 13.9. The van der Waals surface area contributed by atoms with E-state index in [2.05, 4.69) is 169 Å². The summed E-state index contributed by atoms with van der Waals surface area (Å²) in [6, 6.07) is 63.3. The second kappa shape index (κ2) is 11.2. The first-order valence-corrected chi connectivity index (χ1v) is 17.4. The molecule has 230 valence electrons. The Kier molecular flexibility index (Phi) is 6.39. The first-order chi connectivity index (χ1) is 24.3. The minimum absolute atomic E-state index is 0.882. The van der Waals surface area contributed by atoms with Gasteiger partial charge in [0.2, 0.25) is 0 Å². The molecule has 0 bridgehead atoms. The van der Waals surface area contributed by atoms with E-state index in [1.165, 1.54) is 53.2 Å². The van der Waals surface area contributed by atoms with Crippen LogP contribution in [0.1, 0.15) is 0 Å². The van der Waals surface area contributed by atoms with Gasteiger partial charge in [0.05, 0.1) is 5.69 Å². The highest BCUT2D eigenvalue weighted by molar-refractivity contribution is 7.25. The molecule has 0 N–H and O–H groups in total. The molecule has 0 amide bonds. The topological polar surface area (TPSA) is 16.4 Å². The maximum Gasteiger partial charge on any atom is 0.159 e. The van der Waals surface area contributed by atoms with Crippen molar-refractivity contribution in [2.45, 2.75) is 0 Å². The first kappa shape index (κ1) is 27.9. The quantitative estimate of drug-likeness (QED) is 0.186. The van der Waals surface area contributed by atoms with Gasteiger partial charge in [-0.25, -0.2) is 0 Å². The van der Waals surface area contributed by atoms with Gasteiger partial charge in [-0.05, 0) is 87.6 Å². The van der Waals surface area contributed by atoms with Crippen LogP contribution >= 0.6 is 11.3 Å². The summed E-state index contributed by atoms with van der Waals surface area (Å²) in [4.78, 5) is 2.34. The van der Waals surface area contributed by atoms with Gasteiger partial charge in [-0.2, -0.15) is 0 Å². The van der Waals surface area contributed by atoms with Crippen molar-refractivity contribution in [2.75, 3.05) is 4.90 Å². The van der Waals surface area contributed by atoms with Crippen LogP contribution in [0.25, 0.3) is 75.1 Å². The van der Waals surface area contributed by atoms with Gasteiger partial charge >= 0.3 is 0 Å². The second-order valence-corrected chi connectivity index (χ2v) is 13.6. The third-order valence-corrected chi connectivity index (χ3v) is 10.8. The van der Waals surface area contributed by atoms with Crippen molar-refractivity contribution in [3.63, 3.8) is 0 Å². The standard InChI is InChI=1S/C46H29NOS/c1-2-10-32-28-35(20-19-30(32)9-1)34-12-7-11-33(27-34)31-21-23-36(24-22-31)47(37-25-26-40-39-14-4-6-18-44(39)49-45(40)29-37)42-16-8-15-41-38-13-3-5-17-43(38)48-46(41)42/h1-29H. The lowest BCUT2D eigenvalue weighted by Crippen LogP contribution is -2.10. The molecule has 0 aliphatic heterocycles. The Balaban J connectivity index is 1.10. The van der Waals surface area contributed by atoms with Crippen LogP contribution in [-0.2, 0) is 0 Å². The molecule has 3 heteroatoms. The number of rotatable bonds is 5. The highest BCUT2D eigenvalue weighted by Gasteiger charge is 2.20. The predicted molar refractivity (Wildman–Crippen MR) is 210 cm³/mol. The number of fused-ring (bicyclic) bond motifs is 7. The summed E-state index contributed by atoms with van der Waals surface area (Å²) in [5.41, 5.74) is 9.75. The zero-order chi connectivity index (χ0) is 32.3. The molecule has 0 aliphatic carbocycles. The number of furan rings is 1. The van der Waals surface area contributed by atoms with Crippen LogP contribution in [-0.4, -0.2) is 0 Å². The van der Waals surface area contributed by atoms with Crippen LogP contribution in [0.5, 0.6) is 0 Å². The summed E-state index contributed by atoms with van der Waals surface area (Å²) in [6.07, 6.45) is 0. The molecule has 0 spiro atoms. The van der Waals surface area contributed by atoms with Crippen LogP contribution in [0.15, 0.2) is 180 Å². The van der Waals surface area contributed by atoms with Crippen LogP contribution in [0, 0.1) is 0 Å². The lowest BCUT2D eigenvalue weighted by atomic mass is 9.97. The second-order valence-electron chi connectivity index (χ2n) is 12.6. The molecule has 10 aromatic rings. The van der Waals surface area contributed by atoms with Crippen LogP contribution in [0.4, 0.5) is 17.1 Å². The molecule has 2 aromatic heterocycles. The molecule has 0 aliphatic rings. The summed E-state index contributed by atoms with van der Waals surface area (Å²) >= 11 is 1.84. The molecule has 2 nitrogen and oxygen atoms in total. The van der Waals surface area contributed by atoms with Crippen molar-refractivity contribution < 1.29 is 4.42 Å². The summed E-state index contributed by atoms with van der Waals surface area (Å²) in [7, 11) is 0. The number of hydrogen-bond donors (Lipinski definition) is 0. The molecule has 0 saturated heterocycles. The van der Waals surface area contributed by atoms with Gasteiger partial charge in [-0.15, -0.1) is 11.3 Å². The van der Waals surface area contributed by atoms with Gasteiger partial charge in [-0.1, -0.05) is 121 Å². The first-order valence-electron chi connectivity index (χ1n) is 16.6. The Morgan fingerprint density at radius 3 is 1.94 bits per heavy atom. The molecular formula is C46H29NOS. The van der Waals surface area contributed by atoms with Gasteiger partial charge in [-0.3, -0.25) is 0 Å². The van der Waals surface area contributed by atoms with Gasteiger partial charge in [0.15, 0.2) is 5.58 Å². The lowest BCUT2D eigenvalue weighted by molar-refractivity contribution is 0.669. The summed E-state index contributed by atoms with van der Waals surface area (Å²) in [5, 5.41) is 7.34. The van der Waals surface area contributed by atoms with E-state index in [4.69, 9.17) is 4.42 Å². The van der Waals surface area contributed by atoms with Crippen molar-refractivity contribution in [1.82, 2.24) is 0 Å². The maximum atomic E-state index is 6.58. The zero-order valence-corrected chi connectivity index (χ0v) is 27.3. The van der Waals surface area contributed by atoms with Gasteiger partial charge in [0.1, 0.15) is 5.58 Å². The van der Waals surface area contributed by atoms with Crippen molar-refractivity contribution in [3.05, 3.63) is 176 Å². The highest BCUT2D eigenvalue weighted by atomic mass is 32.1. The van der Waals surface area contributed by atoms with Crippen LogP contribution in [0.2, 0.25) is 0 Å². The Hall–Kier alpha value is -6.16. The van der Waals surface area contributed by atoms with E-state index in [0.717, 1.165) is 39.0 Å². The van der Waals surface area contributed by atoms with E-state index in [1.807, 2.05) is 23.5 Å². The molecule has 2 heterocycles. The zero-order valence-electron chi connectivity index (χ0n) is 26.5. The molecule has 49 heavy (non-hydrogen) atoms. The Morgan fingerprint density at radius 2 is 1.04 bits per heavy atom. The molecule has 0 unspecified atom stereocenters. The minimum Gasteiger partial charge on any atom is -0.454 e. The fraction of sp³-hybridized carbons (Fsp3) is 0. The fourth-order valence-corrected chi connectivity index (χ4v) is 8.38. The van der Waals surface area contributed by atoms with E-state index in [1.54, 1.807) is 0 Å². The van der Waals surface area contributed by atoms with E-state index >= 15 is 0 Å². The summed E-state index contributed by atoms with van der Waals surface area (Å²) < 4.78 is 9.15. The van der Waals surface area contributed by atoms with Gasteiger partial charge in [0.25, 0.3) is 0 Å². The minimum atomic E-state index is 0.882. The Labute approximate surface area is 287 Å². The normalized spacial score (nSPS) is 11.7. The van der Waals surface area contributed by atoms with E-state index in [9.17, 15) is 0 Å². The van der Waals surface area contributed by atoms with E-state index in [-0.39, 0.29) is 0 Å². The smallest absolute Gasteiger partial charge is 0.159 e. The van der Waals surface area contributed by atoms with Crippen molar-refractivity contribution in [3.8, 4) is 22.3 Å². The number of benzene rings is 8. The Morgan fingerprint density at radius 1 is 0.388 bits per heavy atom. The number of hydrogen-bond acceptors (Lipinski definition) is 3. The van der Waals surface area contributed by atoms with E-state index in [0.29, 0.717) is 0 Å². The maximum absolute atomic E-state index is 6.58. The molecule has 0 fully saturated rings. The third-order valence-electron chi connectivity index (χ3n) is 9.65. The molecule has 8 aromatic carbocycles. The number of para-hydroxylation sites is 2. The number of anilines is 3. The highest BCUT2D eigenvalue weighted by Crippen LogP contribution is 2.44. The molecule has 0 atom stereocenters. The van der Waals surface area contributed by atoms with Gasteiger partial charge in [0, 0.05) is 42.3 Å². The summed E-state index contributed by atoms with van der Waals surface area (Å²) in [5.74, 6) is 0. The van der Waals surface area contributed by atoms with Crippen LogP contribution in [0.3, 0.4) is 0 Å². The monoisotopic (exact) mass is 643 g/mol. The molecular weight excluding hydrogens is 615 g/mol. The number of thiophene rings is 1. The van der Waals surface area contributed by atoms with E-state index < -0.39 is 0 Å². The number of nitrogens with zero attached hydrogens (tertiary/aromatic N) is 1. The van der Waals surface area contributed by atoms with Crippen molar-refractivity contribution >= 4 is 81.3 Å².